The number of aromatic nitrogens is 2. The summed E-state index contributed by atoms with van der Waals surface area (Å²) in [5, 5.41) is 0.110. The summed E-state index contributed by atoms with van der Waals surface area (Å²) >= 11 is 0. The minimum atomic E-state index is -3.45. The monoisotopic (exact) mass is 258 g/mol. The lowest BCUT2D eigenvalue weighted by Gasteiger charge is -2.24. The fourth-order valence-electron chi connectivity index (χ4n) is 1.68. The molecular weight excluding hydrogens is 240 g/mol. The van der Waals surface area contributed by atoms with Crippen LogP contribution in [-0.4, -0.2) is 49.0 Å². The van der Waals surface area contributed by atoms with Crippen LogP contribution in [0.5, 0.6) is 0 Å². The van der Waals surface area contributed by atoms with Crippen molar-refractivity contribution in [3.05, 3.63) is 12.5 Å². The van der Waals surface area contributed by atoms with E-state index in [0.29, 0.717) is 12.6 Å². The van der Waals surface area contributed by atoms with Crippen molar-refractivity contribution in [2.45, 2.75) is 36.9 Å². The molecule has 1 fully saturated rings. The summed E-state index contributed by atoms with van der Waals surface area (Å²) < 4.78 is 26.2. The van der Waals surface area contributed by atoms with Crippen LogP contribution in [0.15, 0.2) is 17.6 Å². The third-order valence-corrected chi connectivity index (χ3v) is 4.50. The molecule has 2 rings (SSSR count). The zero-order chi connectivity index (χ0) is 12.5. The van der Waals surface area contributed by atoms with Crippen LogP contribution >= 0.6 is 0 Å². The van der Waals surface area contributed by atoms with Crippen molar-refractivity contribution in [3.8, 4) is 0 Å². The predicted molar refractivity (Wildman–Crippen MR) is 64.0 cm³/mol. The highest BCUT2D eigenvalue weighted by Crippen LogP contribution is 2.26. The average molecular weight is 258 g/mol. The van der Waals surface area contributed by atoms with Gasteiger partial charge >= 0.3 is 0 Å². The van der Waals surface area contributed by atoms with Crippen LogP contribution < -0.4 is 4.72 Å². The number of H-pyrrole nitrogens is 1. The number of rotatable bonds is 6. The lowest BCUT2D eigenvalue weighted by atomic mass is 10.3. The Bertz CT molecular complexity index is 453. The molecule has 1 aromatic heterocycles. The minimum absolute atomic E-state index is 0.110. The highest BCUT2D eigenvalue weighted by atomic mass is 32.2. The van der Waals surface area contributed by atoms with Crippen LogP contribution in [0.4, 0.5) is 0 Å². The van der Waals surface area contributed by atoms with Crippen LogP contribution in [0.1, 0.15) is 19.8 Å². The Morgan fingerprint density at radius 1 is 1.65 bits per heavy atom. The molecule has 1 unspecified atom stereocenters. The van der Waals surface area contributed by atoms with Crippen molar-refractivity contribution in [2.24, 2.45) is 0 Å². The van der Waals surface area contributed by atoms with Crippen LogP contribution in [0.3, 0.4) is 0 Å². The molecule has 0 radical (unpaired) electrons. The van der Waals surface area contributed by atoms with Gasteiger partial charge in [0.25, 0.3) is 10.0 Å². The zero-order valence-corrected chi connectivity index (χ0v) is 10.9. The first-order chi connectivity index (χ1) is 8.00. The number of hydrogen-bond donors (Lipinski definition) is 2. The van der Waals surface area contributed by atoms with Crippen molar-refractivity contribution in [3.63, 3.8) is 0 Å². The highest BCUT2D eigenvalue weighted by molar-refractivity contribution is 7.89. The molecule has 2 N–H and O–H groups in total. The van der Waals surface area contributed by atoms with Gasteiger partial charge in [-0.25, -0.2) is 18.1 Å². The third kappa shape index (κ3) is 3.05. The van der Waals surface area contributed by atoms with Crippen LogP contribution in [0.25, 0.3) is 0 Å². The van der Waals surface area contributed by atoms with Crippen molar-refractivity contribution in [1.82, 2.24) is 19.6 Å². The van der Waals surface area contributed by atoms with Gasteiger partial charge in [0.15, 0.2) is 5.03 Å². The number of likely N-dealkylation sites (N-methyl/N-ethyl adjacent to an activating group) is 1. The second-order valence-corrected chi connectivity index (χ2v) is 6.25. The molecule has 1 aliphatic rings. The van der Waals surface area contributed by atoms with E-state index in [0.717, 1.165) is 0 Å². The molecule has 0 spiro atoms. The van der Waals surface area contributed by atoms with Gasteiger partial charge in [0.1, 0.15) is 0 Å². The third-order valence-electron chi connectivity index (χ3n) is 3.15. The smallest absolute Gasteiger partial charge is 0.257 e. The number of aromatic amines is 1. The fraction of sp³-hybridized carbons (Fsp3) is 0.700. The normalized spacial score (nSPS) is 18.5. The lowest BCUT2D eigenvalue weighted by molar-refractivity contribution is 0.248. The van der Waals surface area contributed by atoms with Gasteiger partial charge in [-0.15, -0.1) is 0 Å². The summed E-state index contributed by atoms with van der Waals surface area (Å²) in [5.74, 6) is 0. The summed E-state index contributed by atoms with van der Waals surface area (Å²) in [7, 11) is -1.41. The summed E-state index contributed by atoms with van der Waals surface area (Å²) in [6, 6.07) is 0.821. The van der Waals surface area contributed by atoms with Crippen molar-refractivity contribution < 1.29 is 8.42 Å². The van der Waals surface area contributed by atoms with Crippen molar-refractivity contribution >= 4 is 10.0 Å². The molecule has 1 heterocycles. The fourth-order valence-corrected chi connectivity index (χ4v) is 2.71. The Morgan fingerprint density at radius 2 is 2.35 bits per heavy atom. The zero-order valence-electron chi connectivity index (χ0n) is 10.0. The summed E-state index contributed by atoms with van der Waals surface area (Å²) in [4.78, 5) is 8.51. The van der Waals surface area contributed by atoms with Crippen molar-refractivity contribution in [2.75, 3.05) is 13.6 Å². The molecule has 1 aromatic rings. The average Bonchev–Trinajstić information content (AvgIpc) is 2.99. The van der Waals surface area contributed by atoms with Crippen LogP contribution in [0, 0.1) is 0 Å². The molecule has 0 amide bonds. The Morgan fingerprint density at radius 3 is 2.88 bits per heavy atom. The van der Waals surface area contributed by atoms with Gasteiger partial charge in [-0.1, -0.05) is 0 Å². The van der Waals surface area contributed by atoms with Gasteiger partial charge in [-0.2, -0.15) is 0 Å². The largest absolute Gasteiger partial charge is 0.335 e. The molecule has 1 atom stereocenters. The Kier molecular flexibility index (Phi) is 3.50. The van der Waals surface area contributed by atoms with Gasteiger partial charge in [0.2, 0.25) is 0 Å². The minimum Gasteiger partial charge on any atom is -0.335 e. The number of imidazole rings is 1. The van der Waals surface area contributed by atoms with Gasteiger partial charge < -0.3 is 4.98 Å². The van der Waals surface area contributed by atoms with E-state index in [9.17, 15) is 8.42 Å². The lowest BCUT2D eigenvalue weighted by Crippen LogP contribution is -2.41. The van der Waals surface area contributed by atoms with Crippen molar-refractivity contribution in [1.29, 1.82) is 0 Å². The summed E-state index contributed by atoms with van der Waals surface area (Å²) in [6.45, 7) is 2.43. The maximum absolute atomic E-state index is 11.8. The first kappa shape index (κ1) is 12.5. The summed E-state index contributed by atoms with van der Waals surface area (Å²) in [6.07, 6.45) is 5.09. The molecular formula is C10H18N4O2S. The number of nitrogens with zero attached hydrogens (tertiary/aromatic N) is 2. The Hall–Kier alpha value is -0.920. The van der Waals surface area contributed by atoms with E-state index in [1.807, 2.05) is 14.0 Å². The van der Waals surface area contributed by atoms with Crippen LogP contribution in [-0.2, 0) is 10.0 Å². The first-order valence-corrected chi connectivity index (χ1v) is 7.19. The highest BCUT2D eigenvalue weighted by Gasteiger charge is 2.29. The molecule has 6 nitrogen and oxygen atoms in total. The molecule has 0 aliphatic heterocycles. The molecule has 17 heavy (non-hydrogen) atoms. The second kappa shape index (κ2) is 4.75. The van der Waals surface area contributed by atoms with Gasteiger partial charge in [-0.05, 0) is 26.8 Å². The number of nitrogens with one attached hydrogen (secondary N) is 2. The maximum Gasteiger partial charge on any atom is 0.257 e. The van der Waals surface area contributed by atoms with Gasteiger partial charge in [0.05, 0.1) is 12.5 Å². The molecule has 0 bridgehead atoms. The molecule has 96 valence electrons. The standard InChI is InChI=1S/C10H18N4O2S/c1-8(14(2)9-3-4-9)5-13-17(15,16)10-6-11-7-12-10/h6-9,13H,3-5H2,1-2H3,(H,11,12). The van der Waals surface area contributed by atoms with E-state index in [4.69, 9.17) is 0 Å². The second-order valence-electron chi connectivity index (χ2n) is 4.51. The molecule has 0 aromatic carbocycles. The van der Waals surface area contributed by atoms with E-state index in [1.54, 1.807) is 0 Å². The summed E-state index contributed by atoms with van der Waals surface area (Å²) in [5.41, 5.74) is 0. The Labute approximate surface area is 101 Å². The van der Waals surface area contributed by atoms with E-state index < -0.39 is 10.0 Å². The molecule has 7 heteroatoms. The van der Waals surface area contributed by atoms with E-state index in [1.165, 1.54) is 25.4 Å². The van der Waals surface area contributed by atoms with E-state index in [2.05, 4.69) is 19.6 Å². The molecule has 1 aliphatic carbocycles. The Balaban J connectivity index is 1.89. The quantitative estimate of drug-likeness (QED) is 0.762. The van der Waals surface area contributed by atoms with E-state index in [-0.39, 0.29) is 11.1 Å². The number of sulfonamides is 1. The SMILES string of the molecule is CC(CNS(=O)(=O)c1cnc[nH]1)N(C)C1CC1. The maximum atomic E-state index is 11.8. The van der Waals surface area contributed by atoms with Gasteiger partial charge in [-0.3, -0.25) is 4.90 Å². The van der Waals surface area contributed by atoms with Crippen LogP contribution in [0.2, 0.25) is 0 Å². The topological polar surface area (TPSA) is 78.1 Å². The molecule has 1 saturated carbocycles. The van der Waals surface area contributed by atoms with E-state index >= 15 is 0 Å². The predicted octanol–water partition coefficient (Wildman–Crippen LogP) is 0.171. The first-order valence-electron chi connectivity index (χ1n) is 5.70. The molecule has 0 saturated heterocycles. The number of hydrogen-bond acceptors (Lipinski definition) is 4. The van der Waals surface area contributed by atoms with Gasteiger partial charge in [0, 0.05) is 18.6 Å².